The van der Waals surface area contributed by atoms with Gasteiger partial charge in [0.25, 0.3) is 0 Å². The summed E-state index contributed by atoms with van der Waals surface area (Å²) in [6.07, 6.45) is 1.90. The average Bonchev–Trinajstić information content (AvgIpc) is 3.18. The van der Waals surface area contributed by atoms with Crippen LogP contribution in [0, 0.1) is 5.92 Å². The van der Waals surface area contributed by atoms with Crippen LogP contribution in [0.25, 0.3) is 0 Å². The molecular weight excluding hydrogens is 290 g/mol. The molecule has 5 nitrogen and oxygen atoms in total. The molecule has 0 saturated carbocycles. The van der Waals surface area contributed by atoms with Gasteiger partial charge in [0.1, 0.15) is 0 Å². The summed E-state index contributed by atoms with van der Waals surface area (Å²) in [5.41, 5.74) is 2.01. The molecule has 1 fully saturated rings. The predicted molar refractivity (Wildman–Crippen MR) is 90.3 cm³/mol. The maximum atomic E-state index is 12.4. The van der Waals surface area contributed by atoms with Gasteiger partial charge in [0.15, 0.2) is 0 Å². The first-order valence-electron chi connectivity index (χ1n) is 8.48. The summed E-state index contributed by atoms with van der Waals surface area (Å²) in [6.45, 7) is 7.63. The Hall–Kier alpha value is -1.88. The van der Waals surface area contributed by atoms with Crippen LogP contribution in [0.5, 0.6) is 0 Å². The van der Waals surface area contributed by atoms with Crippen LogP contribution < -0.4 is 10.2 Å². The van der Waals surface area contributed by atoms with E-state index in [0.717, 1.165) is 37.2 Å². The topological polar surface area (TPSA) is 52.7 Å². The molecule has 0 bridgehead atoms. The number of likely N-dealkylation sites (tertiary alicyclic amines) is 1. The van der Waals surface area contributed by atoms with Gasteiger partial charge in [0, 0.05) is 31.4 Å². The highest BCUT2D eigenvalue weighted by Gasteiger charge is 2.30. The summed E-state index contributed by atoms with van der Waals surface area (Å²) in [5, 5.41) is 2.83. The first kappa shape index (κ1) is 16.0. The van der Waals surface area contributed by atoms with Crippen LogP contribution in [0.2, 0.25) is 0 Å². The van der Waals surface area contributed by atoms with E-state index in [1.165, 1.54) is 0 Å². The third-order valence-corrected chi connectivity index (χ3v) is 4.93. The Kier molecular flexibility index (Phi) is 4.66. The molecule has 0 aromatic heterocycles. The number of amides is 2. The molecule has 1 saturated heterocycles. The SMILES string of the molecule is CC(C)N1CC[C@H](CNC(=O)C(=O)N2CCc3ccccc32)C1. The minimum absolute atomic E-state index is 0.436. The number of hydrogen-bond donors (Lipinski definition) is 1. The minimum Gasteiger partial charge on any atom is -0.347 e. The van der Waals surface area contributed by atoms with E-state index in [4.69, 9.17) is 0 Å². The Labute approximate surface area is 137 Å². The standard InChI is InChI=1S/C18H25N3O2/c1-13(2)20-9-7-14(12-20)11-19-17(22)18(23)21-10-8-15-5-3-4-6-16(15)21/h3-6,13-14H,7-12H2,1-2H3,(H,19,22)/t14-/m1/s1. The number of carbonyl (C=O) groups is 2. The van der Waals surface area contributed by atoms with Crippen LogP contribution in [0.3, 0.4) is 0 Å². The van der Waals surface area contributed by atoms with Gasteiger partial charge >= 0.3 is 11.8 Å². The van der Waals surface area contributed by atoms with Crippen molar-refractivity contribution in [1.82, 2.24) is 10.2 Å². The number of hydrogen-bond acceptors (Lipinski definition) is 3. The minimum atomic E-state index is -0.482. The number of nitrogens with zero attached hydrogens (tertiary/aromatic N) is 2. The number of anilines is 1. The fourth-order valence-electron chi connectivity index (χ4n) is 3.48. The molecule has 3 rings (SSSR count). The van der Waals surface area contributed by atoms with Gasteiger partial charge in [0.2, 0.25) is 0 Å². The van der Waals surface area contributed by atoms with Crippen molar-refractivity contribution in [3.05, 3.63) is 29.8 Å². The van der Waals surface area contributed by atoms with E-state index in [2.05, 4.69) is 24.1 Å². The Morgan fingerprint density at radius 2 is 2.04 bits per heavy atom. The molecule has 1 atom stereocenters. The number of carbonyl (C=O) groups excluding carboxylic acids is 2. The lowest BCUT2D eigenvalue weighted by Crippen LogP contribution is -2.44. The van der Waals surface area contributed by atoms with Crippen molar-refractivity contribution in [2.24, 2.45) is 5.92 Å². The Bertz CT molecular complexity index is 600. The average molecular weight is 315 g/mol. The van der Waals surface area contributed by atoms with Crippen molar-refractivity contribution in [3.63, 3.8) is 0 Å². The molecule has 124 valence electrons. The van der Waals surface area contributed by atoms with Crippen molar-refractivity contribution in [2.75, 3.05) is 31.1 Å². The summed E-state index contributed by atoms with van der Waals surface area (Å²) >= 11 is 0. The Morgan fingerprint density at radius 3 is 2.78 bits per heavy atom. The fraction of sp³-hybridized carbons (Fsp3) is 0.556. The van der Waals surface area contributed by atoms with Gasteiger partial charge in [-0.3, -0.25) is 9.59 Å². The van der Waals surface area contributed by atoms with Crippen LogP contribution in [0.4, 0.5) is 5.69 Å². The molecule has 0 aliphatic carbocycles. The van der Waals surface area contributed by atoms with Crippen LogP contribution in [0.1, 0.15) is 25.8 Å². The van der Waals surface area contributed by atoms with E-state index in [1.54, 1.807) is 4.90 Å². The quantitative estimate of drug-likeness (QED) is 0.859. The summed E-state index contributed by atoms with van der Waals surface area (Å²) < 4.78 is 0. The van der Waals surface area contributed by atoms with Crippen molar-refractivity contribution < 1.29 is 9.59 Å². The lowest BCUT2D eigenvalue weighted by Gasteiger charge is -2.20. The smallest absolute Gasteiger partial charge is 0.316 e. The Balaban J connectivity index is 1.52. The van der Waals surface area contributed by atoms with Gasteiger partial charge in [-0.15, -0.1) is 0 Å². The van der Waals surface area contributed by atoms with Crippen LogP contribution in [-0.2, 0) is 16.0 Å². The van der Waals surface area contributed by atoms with Gasteiger partial charge in [-0.05, 0) is 50.8 Å². The summed E-state index contributed by atoms with van der Waals surface area (Å²) in [6, 6.07) is 8.33. The molecule has 0 radical (unpaired) electrons. The van der Waals surface area contributed by atoms with Crippen molar-refractivity contribution in [2.45, 2.75) is 32.7 Å². The molecular formula is C18H25N3O2. The van der Waals surface area contributed by atoms with Crippen molar-refractivity contribution in [3.8, 4) is 0 Å². The zero-order valence-electron chi connectivity index (χ0n) is 13.9. The largest absolute Gasteiger partial charge is 0.347 e. The number of para-hydroxylation sites is 1. The molecule has 2 aliphatic heterocycles. The number of rotatable bonds is 3. The molecule has 1 N–H and O–H groups in total. The maximum absolute atomic E-state index is 12.4. The molecule has 0 spiro atoms. The number of fused-ring (bicyclic) bond motifs is 1. The second-order valence-electron chi connectivity index (χ2n) is 6.79. The summed E-state index contributed by atoms with van der Waals surface area (Å²) in [7, 11) is 0. The molecule has 1 aromatic carbocycles. The zero-order chi connectivity index (χ0) is 16.4. The van der Waals surface area contributed by atoms with Crippen LogP contribution in [-0.4, -0.2) is 48.9 Å². The van der Waals surface area contributed by atoms with Gasteiger partial charge in [-0.1, -0.05) is 18.2 Å². The van der Waals surface area contributed by atoms with Crippen LogP contribution in [0.15, 0.2) is 24.3 Å². The third-order valence-electron chi connectivity index (χ3n) is 4.93. The van der Waals surface area contributed by atoms with Crippen molar-refractivity contribution in [1.29, 1.82) is 0 Å². The Morgan fingerprint density at radius 1 is 1.26 bits per heavy atom. The summed E-state index contributed by atoms with van der Waals surface area (Å²) in [5.74, 6) is -0.474. The van der Waals surface area contributed by atoms with E-state index in [-0.39, 0.29) is 0 Å². The van der Waals surface area contributed by atoms with Crippen molar-refractivity contribution >= 4 is 17.5 Å². The van der Waals surface area contributed by atoms with E-state index in [0.29, 0.717) is 25.0 Å². The van der Waals surface area contributed by atoms with E-state index in [9.17, 15) is 9.59 Å². The first-order chi connectivity index (χ1) is 11.1. The van der Waals surface area contributed by atoms with Crippen LogP contribution >= 0.6 is 0 Å². The number of nitrogens with one attached hydrogen (secondary N) is 1. The lowest BCUT2D eigenvalue weighted by molar-refractivity contribution is -0.137. The molecule has 1 aromatic rings. The maximum Gasteiger partial charge on any atom is 0.316 e. The molecule has 2 aliphatic rings. The highest BCUT2D eigenvalue weighted by Crippen LogP contribution is 2.27. The zero-order valence-corrected chi connectivity index (χ0v) is 13.9. The fourth-order valence-corrected chi connectivity index (χ4v) is 3.48. The molecule has 2 amide bonds. The highest BCUT2D eigenvalue weighted by atomic mass is 16.2. The van der Waals surface area contributed by atoms with E-state index >= 15 is 0 Å². The monoisotopic (exact) mass is 315 g/mol. The molecule has 23 heavy (non-hydrogen) atoms. The van der Waals surface area contributed by atoms with Gasteiger partial charge in [-0.25, -0.2) is 0 Å². The predicted octanol–water partition coefficient (Wildman–Crippen LogP) is 1.42. The van der Waals surface area contributed by atoms with E-state index < -0.39 is 11.8 Å². The highest BCUT2D eigenvalue weighted by molar-refractivity contribution is 6.40. The number of benzene rings is 1. The molecule has 2 heterocycles. The lowest BCUT2D eigenvalue weighted by atomic mass is 10.1. The first-order valence-corrected chi connectivity index (χ1v) is 8.48. The van der Waals surface area contributed by atoms with E-state index in [1.807, 2.05) is 24.3 Å². The van der Waals surface area contributed by atoms with Gasteiger partial charge < -0.3 is 15.1 Å². The van der Waals surface area contributed by atoms with Gasteiger partial charge in [-0.2, -0.15) is 0 Å². The molecule has 0 unspecified atom stereocenters. The third kappa shape index (κ3) is 3.39. The second-order valence-corrected chi connectivity index (χ2v) is 6.79. The normalized spacial score (nSPS) is 20.8. The van der Waals surface area contributed by atoms with Gasteiger partial charge in [0.05, 0.1) is 0 Å². The summed E-state index contributed by atoms with van der Waals surface area (Å²) in [4.78, 5) is 28.6. The molecule has 5 heteroatoms. The second kappa shape index (κ2) is 6.71.